The molecule has 0 saturated heterocycles. The van der Waals surface area contributed by atoms with Crippen LogP contribution in [0.5, 0.6) is 0 Å². The third-order valence-electron chi connectivity index (χ3n) is 2.83. The van der Waals surface area contributed by atoms with Crippen LogP contribution in [0.2, 0.25) is 0 Å². The van der Waals surface area contributed by atoms with Crippen LogP contribution in [-0.4, -0.2) is 19.7 Å². The molecule has 1 aliphatic carbocycles. The second kappa shape index (κ2) is 3.94. The van der Waals surface area contributed by atoms with E-state index in [2.05, 4.69) is 15.1 Å². The van der Waals surface area contributed by atoms with E-state index in [1.54, 1.807) is 12.3 Å². The van der Waals surface area contributed by atoms with Crippen LogP contribution in [0, 0.1) is 0 Å². The lowest BCUT2D eigenvalue weighted by Gasteiger charge is -2.08. The molecule has 1 fully saturated rings. The molecule has 0 bridgehead atoms. The minimum atomic E-state index is -4.63. The van der Waals surface area contributed by atoms with Gasteiger partial charge in [0.15, 0.2) is 5.82 Å². The number of aromatic nitrogens is 4. The van der Waals surface area contributed by atoms with Gasteiger partial charge >= 0.3 is 6.18 Å². The lowest BCUT2D eigenvalue weighted by molar-refractivity contribution is -0.144. The SMILES string of the molecule is Nc1cc(-n2ccc(C3CC3)n2)nc(C(F)(F)F)n1. The molecule has 0 aliphatic heterocycles. The van der Waals surface area contributed by atoms with Crippen molar-refractivity contribution in [3.63, 3.8) is 0 Å². The summed E-state index contributed by atoms with van der Waals surface area (Å²) < 4.78 is 39.1. The quantitative estimate of drug-likeness (QED) is 0.906. The van der Waals surface area contributed by atoms with Crippen molar-refractivity contribution in [1.29, 1.82) is 0 Å². The van der Waals surface area contributed by atoms with Crippen LogP contribution in [-0.2, 0) is 6.18 Å². The molecule has 2 aromatic heterocycles. The summed E-state index contributed by atoms with van der Waals surface area (Å²) in [6.45, 7) is 0. The van der Waals surface area contributed by atoms with Crippen molar-refractivity contribution in [3.8, 4) is 5.82 Å². The minimum absolute atomic E-state index is 0.0201. The van der Waals surface area contributed by atoms with Gasteiger partial charge in [0, 0.05) is 18.2 Å². The molecule has 0 aromatic carbocycles. The van der Waals surface area contributed by atoms with Crippen LogP contribution >= 0.6 is 0 Å². The van der Waals surface area contributed by atoms with Gasteiger partial charge in [-0.15, -0.1) is 0 Å². The summed E-state index contributed by atoms with van der Waals surface area (Å²) in [7, 11) is 0. The van der Waals surface area contributed by atoms with E-state index in [0.717, 1.165) is 18.5 Å². The Kier molecular flexibility index (Phi) is 2.48. The summed E-state index contributed by atoms with van der Waals surface area (Å²) in [5.74, 6) is -1.05. The van der Waals surface area contributed by atoms with Crippen LogP contribution in [0.3, 0.4) is 0 Å². The van der Waals surface area contributed by atoms with E-state index < -0.39 is 12.0 Å². The average Bonchev–Trinajstić information content (AvgIpc) is 3.05. The Labute approximate surface area is 106 Å². The molecule has 0 unspecified atom stereocenters. The fourth-order valence-corrected chi connectivity index (χ4v) is 1.76. The molecule has 2 N–H and O–H groups in total. The molecule has 1 saturated carbocycles. The number of anilines is 1. The lowest BCUT2D eigenvalue weighted by Crippen LogP contribution is -2.15. The highest BCUT2D eigenvalue weighted by molar-refractivity contribution is 5.37. The number of nitrogens with zero attached hydrogens (tertiary/aromatic N) is 4. The molecule has 5 nitrogen and oxygen atoms in total. The molecule has 8 heteroatoms. The van der Waals surface area contributed by atoms with E-state index in [-0.39, 0.29) is 11.6 Å². The van der Waals surface area contributed by atoms with Gasteiger partial charge in [-0.3, -0.25) is 0 Å². The molecule has 0 amide bonds. The Morgan fingerprint density at radius 3 is 2.63 bits per heavy atom. The van der Waals surface area contributed by atoms with E-state index in [1.807, 2.05) is 0 Å². The van der Waals surface area contributed by atoms with Crippen LogP contribution in [0.25, 0.3) is 5.82 Å². The van der Waals surface area contributed by atoms with Crippen molar-refractivity contribution >= 4 is 5.82 Å². The van der Waals surface area contributed by atoms with Crippen molar-refractivity contribution in [2.75, 3.05) is 5.73 Å². The number of nitrogen functional groups attached to an aromatic ring is 1. The highest BCUT2D eigenvalue weighted by atomic mass is 19.4. The van der Waals surface area contributed by atoms with E-state index in [9.17, 15) is 13.2 Å². The van der Waals surface area contributed by atoms with Crippen LogP contribution in [0.4, 0.5) is 19.0 Å². The minimum Gasteiger partial charge on any atom is -0.384 e. The smallest absolute Gasteiger partial charge is 0.384 e. The Morgan fingerprint density at radius 1 is 1.26 bits per heavy atom. The molecule has 100 valence electrons. The Morgan fingerprint density at radius 2 is 2.00 bits per heavy atom. The highest BCUT2D eigenvalue weighted by Crippen LogP contribution is 2.39. The third-order valence-corrected chi connectivity index (χ3v) is 2.83. The lowest BCUT2D eigenvalue weighted by atomic mass is 10.3. The first-order chi connectivity index (χ1) is 8.93. The van der Waals surface area contributed by atoms with Gasteiger partial charge in [0.2, 0.25) is 5.82 Å². The first-order valence-electron chi connectivity index (χ1n) is 5.71. The van der Waals surface area contributed by atoms with E-state index in [0.29, 0.717) is 5.92 Å². The molecule has 0 atom stereocenters. The van der Waals surface area contributed by atoms with Gasteiger partial charge in [0.1, 0.15) is 5.82 Å². The van der Waals surface area contributed by atoms with Crippen LogP contribution < -0.4 is 5.73 Å². The Balaban J connectivity index is 2.01. The van der Waals surface area contributed by atoms with Crippen molar-refractivity contribution in [3.05, 3.63) is 29.8 Å². The summed E-state index contributed by atoms with van der Waals surface area (Å²) in [4.78, 5) is 6.64. The molecule has 19 heavy (non-hydrogen) atoms. The predicted molar refractivity (Wildman–Crippen MR) is 60.5 cm³/mol. The van der Waals surface area contributed by atoms with Crippen molar-refractivity contribution in [2.24, 2.45) is 0 Å². The maximum atomic E-state index is 12.6. The summed E-state index contributed by atoms with van der Waals surface area (Å²) >= 11 is 0. The van der Waals surface area contributed by atoms with Gasteiger partial charge < -0.3 is 5.73 Å². The van der Waals surface area contributed by atoms with Gasteiger partial charge in [0.05, 0.1) is 5.69 Å². The highest BCUT2D eigenvalue weighted by Gasteiger charge is 2.35. The predicted octanol–water partition coefficient (Wildman–Crippen LogP) is 2.14. The molecule has 0 spiro atoms. The summed E-state index contributed by atoms with van der Waals surface area (Å²) in [6.07, 6.45) is -0.917. The zero-order valence-electron chi connectivity index (χ0n) is 9.72. The normalized spacial score (nSPS) is 15.7. The van der Waals surface area contributed by atoms with E-state index in [1.165, 1.54) is 10.7 Å². The number of nitrogens with two attached hydrogens (primary N) is 1. The standard InChI is InChI=1S/C11H10F3N5/c12-11(13,14)10-16-8(15)5-9(17-10)19-4-3-7(18-19)6-1-2-6/h3-6H,1-2H2,(H2,15,16,17). The first-order valence-corrected chi connectivity index (χ1v) is 5.71. The Hall–Kier alpha value is -2.12. The molecule has 2 heterocycles. The third kappa shape index (κ3) is 2.38. The fraction of sp³-hybridized carbons (Fsp3) is 0.364. The van der Waals surface area contributed by atoms with Gasteiger partial charge in [0.25, 0.3) is 0 Å². The second-order valence-electron chi connectivity index (χ2n) is 4.43. The molecular formula is C11H10F3N5. The molecular weight excluding hydrogens is 259 g/mol. The average molecular weight is 269 g/mol. The summed E-state index contributed by atoms with van der Waals surface area (Å²) in [6, 6.07) is 3.04. The van der Waals surface area contributed by atoms with Gasteiger partial charge in [-0.05, 0) is 18.9 Å². The second-order valence-corrected chi connectivity index (χ2v) is 4.43. The zero-order valence-corrected chi connectivity index (χ0v) is 9.72. The summed E-state index contributed by atoms with van der Waals surface area (Å²) in [5.41, 5.74) is 6.25. The van der Waals surface area contributed by atoms with Gasteiger partial charge in [-0.1, -0.05) is 0 Å². The Bertz CT molecular complexity index is 615. The largest absolute Gasteiger partial charge is 0.451 e. The number of hydrogen-bond acceptors (Lipinski definition) is 4. The van der Waals surface area contributed by atoms with Crippen molar-refractivity contribution < 1.29 is 13.2 Å². The fourth-order valence-electron chi connectivity index (χ4n) is 1.76. The zero-order chi connectivity index (χ0) is 13.6. The molecule has 1 aliphatic rings. The van der Waals surface area contributed by atoms with E-state index in [4.69, 9.17) is 5.73 Å². The van der Waals surface area contributed by atoms with Crippen molar-refractivity contribution in [2.45, 2.75) is 24.9 Å². The van der Waals surface area contributed by atoms with Crippen molar-refractivity contribution in [1.82, 2.24) is 19.7 Å². The molecule has 0 radical (unpaired) electrons. The summed E-state index contributed by atoms with van der Waals surface area (Å²) in [5, 5.41) is 4.21. The topological polar surface area (TPSA) is 69.6 Å². The molecule has 3 rings (SSSR count). The first kappa shape index (κ1) is 11.9. The van der Waals surface area contributed by atoms with Gasteiger partial charge in [-0.2, -0.15) is 18.3 Å². The van der Waals surface area contributed by atoms with Gasteiger partial charge in [-0.25, -0.2) is 14.6 Å². The number of hydrogen-bond donors (Lipinski definition) is 1. The number of halogens is 3. The van der Waals surface area contributed by atoms with E-state index >= 15 is 0 Å². The number of alkyl halides is 3. The van der Waals surface area contributed by atoms with Crippen LogP contribution in [0.15, 0.2) is 18.3 Å². The number of rotatable bonds is 2. The monoisotopic (exact) mass is 269 g/mol. The maximum Gasteiger partial charge on any atom is 0.451 e. The maximum absolute atomic E-state index is 12.6. The van der Waals surface area contributed by atoms with Crippen LogP contribution in [0.1, 0.15) is 30.3 Å². The molecule has 2 aromatic rings.